The van der Waals surface area contributed by atoms with Crippen molar-refractivity contribution in [2.45, 2.75) is 19.4 Å². The van der Waals surface area contributed by atoms with Gasteiger partial charge in [0.15, 0.2) is 0 Å². The van der Waals surface area contributed by atoms with Crippen molar-refractivity contribution in [3.05, 3.63) is 55.7 Å². The molecule has 5 heteroatoms. The minimum atomic E-state index is 0.0720. The molecule has 2 rings (SSSR count). The van der Waals surface area contributed by atoms with Crippen LogP contribution < -0.4 is 5.32 Å². The molecule has 0 aliphatic rings. The van der Waals surface area contributed by atoms with Gasteiger partial charge in [-0.15, -0.1) is 11.3 Å². The summed E-state index contributed by atoms with van der Waals surface area (Å²) >= 11 is 13.8. The number of hydrogen-bond acceptors (Lipinski definition) is 3. The standard InChI is InChI=1S/C16H19Cl2NOS/c1-3-19-15(13-10-14(17)21-16(13)18)12-6-4-11(5-7-12)8-9-20-2/h4-7,10,15,19H,3,8-9H2,1-2H3. The van der Waals surface area contributed by atoms with Crippen molar-refractivity contribution in [3.8, 4) is 0 Å². The first-order valence-electron chi connectivity index (χ1n) is 6.91. The summed E-state index contributed by atoms with van der Waals surface area (Å²) in [5.41, 5.74) is 3.50. The third kappa shape index (κ3) is 4.44. The maximum absolute atomic E-state index is 6.30. The largest absolute Gasteiger partial charge is 0.384 e. The molecular formula is C16H19Cl2NOS. The van der Waals surface area contributed by atoms with Crippen LogP contribution in [0.3, 0.4) is 0 Å². The predicted molar refractivity (Wildman–Crippen MR) is 91.9 cm³/mol. The van der Waals surface area contributed by atoms with Crippen LogP contribution >= 0.6 is 34.5 Å². The topological polar surface area (TPSA) is 21.3 Å². The second-order valence-corrected chi connectivity index (χ2v) is 7.04. The van der Waals surface area contributed by atoms with Gasteiger partial charge in [0.25, 0.3) is 0 Å². The number of methoxy groups -OCH3 is 1. The lowest BCUT2D eigenvalue weighted by Gasteiger charge is -2.18. The molecule has 1 aromatic carbocycles. The summed E-state index contributed by atoms with van der Waals surface area (Å²) < 4.78 is 6.57. The Balaban J connectivity index is 2.24. The van der Waals surface area contributed by atoms with Crippen molar-refractivity contribution in [2.24, 2.45) is 0 Å². The number of benzene rings is 1. The number of ether oxygens (including phenoxy) is 1. The molecule has 1 heterocycles. The highest BCUT2D eigenvalue weighted by Crippen LogP contribution is 2.37. The van der Waals surface area contributed by atoms with E-state index >= 15 is 0 Å². The lowest BCUT2D eigenvalue weighted by molar-refractivity contribution is 0.202. The van der Waals surface area contributed by atoms with Crippen LogP contribution in [0.1, 0.15) is 29.7 Å². The first-order valence-corrected chi connectivity index (χ1v) is 8.48. The van der Waals surface area contributed by atoms with Crippen molar-refractivity contribution in [1.29, 1.82) is 0 Å². The Morgan fingerprint density at radius 1 is 1.24 bits per heavy atom. The zero-order valence-electron chi connectivity index (χ0n) is 12.2. The second kappa shape index (κ2) is 8.16. The van der Waals surface area contributed by atoms with Crippen LogP contribution in [0.5, 0.6) is 0 Å². The van der Waals surface area contributed by atoms with Crippen molar-refractivity contribution in [3.63, 3.8) is 0 Å². The van der Waals surface area contributed by atoms with E-state index in [1.165, 1.54) is 22.5 Å². The Bertz CT molecular complexity index is 568. The van der Waals surface area contributed by atoms with E-state index in [2.05, 4.69) is 36.5 Å². The van der Waals surface area contributed by atoms with Crippen LogP contribution in [-0.2, 0) is 11.2 Å². The number of halogens is 2. The number of rotatable bonds is 7. The fraction of sp³-hybridized carbons (Fsp3) is 0.375. The van der Waals surface area contributed by atoms with E-state index in [4.69, 9.17) is 27.9 Å². The van der Waals surface area contributed by atoms with Gasteiger partial charge in [-0.2, -0.15) is 0 Å². The van der Waals surface area contributed by atoms with E-state index in [1.54, 1.807) is 7.11 Å². The fourth-order valence-electron chi connectivity index (χ4n) is 2.26. The summed E-state index contributed by atoms with van der Waals surface area (Å²) in [6.45, 7) is 3.68. The van der Waals surface area contributed by atoms with Gasteiger partial charge in [-0.05, 0) is 30.2 Å². The van der Waals surface area contributed by atoms with Crippen LogP contribution in [0.4, 0.5) is 0 Å². The SMILES string of the molecule is CCNC(c1ccc(CCOC)cc1)c1cc(Cl)sc1Cl. The van der Waals surface area contributed by atoms with Crippen LogP contribution in [0.25, 0.3) is 0 Å². The van der Waals surface area contributed by atoms with Gasteiger partial charge in [-0.3, -0.25) is 0 Å². The highest BCUT2D eigenvalue weighted by molar-refractivity contribution is 7.20. The van der Waals surface area contributed by atoms with Crippen LogP contribution in [-0.4, -0.2) is 20.3 Å². The number of nitrogens with one attached hydrogen (secondary N) is 1. The summed E-state index contributed by atoms with van der Waals surface area (Å²) in [4.78, 5) is 0. The summed E-state index contributed by atoms with van der Waals surface area (Å²) in [6.07, 6.45) is 0.924. The maximum Gasteiger partial charge on any atom is 0.0995 e. The minimum absolute atomic E-state index is 0.0720. The van der Waals surface area contributed by atoms with Crippen LogP contribution in [0.2, 0.25) is 8.67 Å². The zero-order chi connectivity index (χ0) is 15.2. The summed E-state index contributed by atoms with van der Waals surface area (Å²) in [5.74, 6) is 0. The van der Waals surface area contributed by atoms with Gasteiger partial charge in [0, 0.05) is 12.7 Å². The lowest BCUT2D eigenvalue weighted by Crippen LogP contribution is -2.21. The molecule has 0 fully saturated rings. The molecule has 21 heavy (non-hydrogen) atoms. The summed E-state index contributed by atoms with van der Waals surface area (Å²) in [6, 6.07) is 10.6. The smallest absolute Gasteiger partial charge is 0.0995 e. The first-order chi connectivity index (χ1) is 10.2. The normalized spacial score (nSPS) is 12.6. The van der Waals surface area contributed by atoms with Crippen molar-refractivity contribution >= 4 is 34.5 Å². The molecule has 0 bridgehead atoms. The molecule has 0 aliphatic carbocycles. The van der Waals surface area contributed by atoms with Gasteiger partial charge >= 0.3 is 0 Å². The highest BCUT2D eigenvalue weighted by atomic mass is 35.5. The molecule has 0 amide bonds. The van der Waals surface area contributed by atoms with Gasteiger partial charge < -0.3 is 10.1 Å². The van der Waals surface area contributed by atoms with Crippen molar-refractivity contribution in [1.82, 2.24) is 5.32 Å². The van der Waals surface area contributed by atoms with E-state index in [9.17, 15) is 0 Å². The molecule has 0 saturated heterocycles. The molecule has 0 saturated carbocycles. The van der Waals surface area contributed by atoms with E-state index in [0.717, 1.165) is 33.8 Å². The molecule has 114 valence electrons. The minimum Gasteiger partial charge on any atom is -0.384 e. The third-order valence-corrected chi connectivity index (χ3v) is 4.83. The van der Waals surface area contributed by atoms with Crippen LogP contribution in [0.15, 0.2) is 30.3 Å². The Morgan fingerprint density at radius 2 is 1.95 bits per heavy atom. The van der Waals surface area contributed by atoms with E-state index in [1.807, 2.05) is 6.07 Å². The van der Waals surface area contributed by atoms with Gasteiger partial charge in [-0.25, -0.2) is 0 Å². The zero-order valence-corrected chi connectivity index (χ0v) is 14.5. The van der Waals surface area contributed by atoms with Crippen molar-refractivity contribution < 1.29 is 4.74 Å². The molecule has 1 atom stereocenters. The lowest BCUT2D eigenvalue weighted by atomic mass is 9.99. The van der Waals surface area contributed by atoms with Gasteiger partial charge in [0.2, 0.25) is 0 Å². The summed E-state index contributed by atoms with van der Waals surface area (Å²) in [7, 11) is 1.72. The van der Waals surface area contributed by atoms with Crippen molar-refractivity contribution in [2.75, 3.05) is 20.3 Å². The third-order valence-electron chi connectivity index (χ3n) is 3.31. The van der Waals surface area contributed by atoms with E-state index < -0.39 is 0 Å². The molecule has 0 spiro atoms. The van der Waals surface area contributed by atoms with Gasteiger partial charge in [-0.1, -0.05) is 54.4 Å². The van der Waals surface area contributed by atoms with E-state index in [0.29, 0.717) is 0 Å². The predicted octanol–water partition coefficient (Wildman–Crippen LogP) is 4.94. The molecular weight excluding hydrogens is 325 g/mol. The molecule has 0 radical (unpaired) electrons. The first kappa shape index (κ1) is 16.8. The van der Waals surface area contributed by atoms with E-state index in [-0.39, 0.29) is 6.04 Å². The Hall–Kier alpha value is -0.580. The number of thiophene rings is 1. The monoisotopic (exact) mass is 343 g/mol. The fourth-order valence-corrected chi connectivity index (χ4v) is 3.79. The Kier molecular flexibility index (Phi) is 6.52. The quantitative estimate of drug-likeness (QED) is 0.768. The summed E-state index contributed by atoms with van der Waals surface area (Å²) in [5, 5.41) is 3.47. The molecule has 2 aromatic rings. The second-order valence-electron chi connectivity index (χ2n) is 4.75. The molecule has 1 aromatic heterocycles. The van der Waals surface area contributed by atoms with Crippen LogP contribution in [0, 0.1) is 0 Å². The highest BCUT2D eigenvalue weighted by Gasteiger charge is 2.18. The Labute approximate surface area is 140 Å². The van der Waals surface area contributed by atoms with Gasteiger partial charge in [0.05, 0.1) is 21.3 Å². The average Bonchev–Trinajstić information content (AvgIpc) is 2.82. The molecule has 2 nitrogen and oxygen atoms in total. The Morgan fingerprint density at radius 3 is 2.48 bits per heavy atom. The number of hydrogen-bond donors (Lipinski definition) is 1. The molecule has 1 unspecified atom stereocenters. The maximum atomic E-state index is 6.30. The van der Waals surface area contributed by atoms with Gasteiger partial charge in [0.1, 0.15) is 0 Å². The molecule has 1 N–H and O–H groups in total. The average molecular weight is 344 g/mol. The molecule has 0 aliphatic heterocycles.